The molecule has 13 heavy (non-hydrogen) atoms. The molecule has 0 unspecified atom stereocenters. The summed E-state index contributed by atoms with van der Waals surface area (Å²) in [6.45, 7) is 1.89. The van der Waals surface area contributed by atoms with Crippen molar-refractivity contribution in [3.05, 3.63) is 35.9 Å². The summed E-state index contributed by atoms with van der Waals surface area (Å²) in [4.78, 5) is 0. The molecule has 0 amide bonds. The highest BCUT2D eigenvalue weighted by Crippen LogP contribution is 2.49. The zero-order valence-electron chi connectivity index (χ0n) is 7.70. The monoisotopic (exact) mass is 175 g/mol. The molecule has 1 saturated carbocycles. The summed E-state index contributed by atoms with van der Waals surface area (Å²) in [7, 11) is 0. The van der Waals surface area contributed by atoms with Crippen molar-refractivity contribution in [3.63, 3.8) is 0 Å². The van der Waals surface area contributed by atoms with Gasteiger partial charge in [0.15, 0.2) is 0 Å². The Balaban J connectivity index is 2.37. The molecular formula is C11H13NO. The van der Waals surface area contributed by atoms with E-state index in [0.29, 0.717) is 0 Å². The number of rotatable bonds is 2. The summed E-state index contributed by atoms with van der Waals surface area (Å²) in [5.74, 6) is 0. The third-order valence-electron chi connectivity index (χ3n) is 2.92. The van der Waals surface area contributed by atoms with Crippen LogP contribution in [0.5, 0.6) is 0 Å². The summed E-state index contributed by atoms with van der Waals surface area (Å²) in [5.41, 5.74) is 2.15. The predicted octanol–water partition coefficient (Wildman–Crippen LogP) is 2.57. The molecule has 2 nitrogen and oxygen atoms in total. The van der Waals surface area contributed by atoms with Crippen LogP contribution in [0.3, 0.4) is 0 Å². The molecule has 2 rings (SSSR count). The van der Waals surface area contributed by atoms with E-state index in [9.17, 15) is 0 Å². The van der Waals surface area contributed by atoms with Gasteiger partial charge in [-0.1, -0.05) is 35.5 Å². The summed E-state index contributed by atoms with van der Waals surface area (Å²) >= 11 is 0. The first kappa shape index (κ1) is 8.30. The van der Waals surface area contributed by atoms with Gasteiger partial charge >= 0.3 is 0 Å². The molecule has 1 aromatic rings. The molecule has 0 aliphatic heterocycles. The lowest BCUT2D eigenvalue weighted by Gasteiger charge is -2.13. The molecule has 1 aromatic carbocycles. The summed E-state index contributed by atoms with van der Waals surface area (Å²) < 4.78 is 0. The second-order valence-electron chi connectivity index (χ2n) is 3.63. The molecule has 0 heterocycles. The molecule has 1 aliphatic carbocycles. The van der Waals surface area contributed by atoms with Crippen molar-refractivity contribution < 1.29 is 5.21 Å². The lowest BCUT2D eigenvalue weighted by atomic mass is 9.92. The van der Waals surface area contributed by atoms with Crippen LogP contribution in [0.1, 0.15) is 25.3 Å². The maximum atomic E-state index is 8.76. The predicted molar refractivity (Wildman–Crippen MR) is 52.2 cm³/mol. The van der Waals surface area contributed by atoms with E-state index in [0.717, 1.165) is 18.6 Å². The number of hydrogen-bond donors (Lipinski definition) is 1. The topological polar surface area (TPSA) is 32.6 Å². The maximum absolute atomic E-state index is 8.76. The first-order chi connectivity index (χ1) is 6.29. The molecule has 0 atom stereocenters. The Morgan fingerprint density at radius 3 is 2.38 bits per heavy atom. The standard InChI is InChI=1S/C11H13NO/c1-9(12-13)11(7-8-11)10-5-3-2-4-6-10/h2-6,13H,7-8H2,1H3/b12-9+. The minimum absolute atomic E-state index is 0.0516. The van der Waals surface area contributed by atoms with Crippen LogP contribution < -0.4 is 0 Å². The molecule has 1 aliphatic rings. The minimum atomic E-state index is 0.0516. The number of hydrogen-bond acceptors (Lipinski definition) is 2. The summed E-state index contributed by atoms with van der Waals surface area (Å²) in [6.07, 6.45) is 2.21. The van der Waals surface area contributed by atoms with Gasteiger partial charge in [0.25, 0.3) is 0 Å². The molecule has 68 valence electrons. The van der Waals surface area contributed by atoms with E-state index in [2.05, 4.69) is 17.3 Å². The van der Waals surface area contributed by atoms with Gasteiger partial charge in [-0.15, -0.1) is 0 Å². The van der Waals surface area contributed by atoms with Gasteiger partial charge in [-0.05, 0) is 25.3 Å². The lowest BCUT2D eigenvalue weighted by Crippen LogP contribution is -2.17. The molecule has 1 fully saturated rings. The Bertz CT molecular complexity index is 325. The van der Waals surface area contributed by atoms with Crippen LogP contribution in [0.25, 0.3) is 0 Å². The highest BCUT2D eigenvalue weighted by atomic mass is 16.4. The fraction of sp³-hybridized carbons (Fsp3) is 0.364. The van der Waals surface area contributed by atoms with E-state index in [4.69, 9.17) is 5.21 Å². The Kier molecular flexibility index (Phi) is 1.83. The zero-order valence-corrected chi connectivity index (χ0v) is 7.70. The number of benzene rings is 1. The van der Waals surface area contributed by atoms with Crippen molar-refractivity contribution >= 4 is 5.71 Å². The van der Waals surface area contributed by atoms with E-state index >= 15 is 0 Å². The summed E-state index contributed by atoms with van der Waals surface area (Å²) in [6, 6.07) is 10.3. The molecule has 0 aromatic heterocycles. The highest BCUT2D eigenvalue weighted by molar-refractivity contribution is 5.95. The minimum Gasteiger partial charge on any atom is -0.411 e. The largest absolute Gasteiger partial charge is 0.411 e. The van der Waals surface area contributed by atoms with Crippen molar-refractivity contribution in [2.45, 2.75) is 25.2 Å². The van der Waals surface area contributed by atoms with Gasteiger partial charge < -0.3 is 5.21 Å². The molecular weight excluding hydrogens is 162 g/mol. The van der Waals surface area contributed by atoms with Crippen molar-refractivity contribution in [1.29, 1.82) is 0 Å². The normalized spacial score (nSPS) is 19.9. The molecule has 0 radical (unpaired) electrons. The first-order valence-electron chi connectivity index (χ1n) is 4.54. The lowest BCUT2D eigenvalue weighted by molar-refractivity contribution is 0.316. The van der Waals surface area contributed by atoms with E-state index < -0.39 is 0 Å². The Hall–Kier alpha value is -1.31. The van der Waals surface area contributed by atoms with Crippen LogP contribution in [0, 0.1) is 0 Å². The third-order valence-corrected chi connectivity index (χ3v) is 2.92. The van der Waals surface area contributed by atoms with Crippen molar-refractivity contribution in [3.8, 4) is 0 Å². The van der Waals surface area contributed by atoms with Crippen LogP contribution >= 0.6 is 0 Å². The summed E-state index contributed by atoms with van der Waals surface area (Å²) in [5, 5.41) is 12.1. The Morgan fingerprint density at radius 2 is 1.92 bits per heavy atom. The SMILES string of the molecule is C/C(=N\O)C1(c2ccccc2)CC1. The van der Waals surface area contributed by atoms with Gasteiger partial charge in [-0.3, -0.25) is 0 Å². The van der Waals surface area contributed by atoms with Gasteiger partial charge in [-0.2, -0.15) is 0 Å². The van der Waals surface area contributed by atoms with Crippen molar-refractivity contribution in [2.75, 3.05) is 0 Å². The van der Waals surface area contributed by atoms with E-state index in [-0.39, 0.29) is 5.41 Å². The first-order valence-corrected chi connectivity index (χ1v) is 4.54. The van der Waals surface area contributed by atoms with Crippen LogP contribution in [0.4, 0.5) is 0 Å². The Labute approximate surface area is 77.9 Å². The highest BCUT2D eigenvalue weighted by Gasteiger charge is 2.47. The van der Waals surface area contributed by atoms with E-state index in [1.807, 2.05) is 25.1 Å². The van der Waals surface area contributed by atoms with Gasteiger partial charge in [-0.25, -0.2) is 0 Å². The number of oxime groups is 1. The quantitative estimate of drug-likeness (QED) is 0.418. The molecule has 0 saturated heterocycles. The smallest absolute Gasteiger partial charge is 0.0645 e. The van der Waals surface area contributed by atoms with Crippen molar-refractivity contribution in [1.82, 2.24) is 0 Å². The Morgan fingerprint density at radius 1 is 1.31 bits per heavy atom. The molecule has 0 bridgehead atoms. The fourth-order valence-corrected chi connectivity index (χ4v) is 1.84. The van der Waals surface area contributed by atoms with Crippen LogP contribution in [-0.4, -0.2) is 10.9 Å². The van der Waals surface area contributed by atoms with Crippen molar-refractivity contribution in [2.24, 2.45) is 5.16 Å². The van der Waals surface area contributed by atoms with Gasteiger partial charge in [0.05, 0.1) is 5.71 Å². The molecule has 0 spiro atoms. The van der Waals surface area contributed by atoms with Gasteiger partial charge in [0.1, 0.15) is 0 Å². The second kappa shape index (κ2) is 2.87. The van der Waals surface area contributed by atoms with Crippen LogP contribution in [0.15, 0.2) is 35.5 Å². The number of nitrogens with zero attached hydrogens (tertiary/aromatic N) is 1. The van der Waals surface area contributed by atoms with Gasteiger partial charge in [0, 0.05) is 5.41 Å². The molecule has 2 heteroatoms. The maximum Gasteiger partial charge on any atom is 0.0645 e. The van der Waals surface area contributed by atoms with E-state index in [1.54, 1.807) is 0 Å². The molecule has 1 N–H and O–H groups in total. The van der Waals surface area contributed by atoms with Gasteiger partial charge in [0.2, 0.25) is 0 Å². The average molecular weight is 175 g/mol. The fourth-order valence-electron chi connectivity index (χ4n) is 1.84. The van der Waals surface area contributed by atoms with Crippen LogP contribution in [0.2, 0.25) is 0 Å². The average Bonchev–Trinajstić information content (AvgIpc) is 2.99. The third kappa shape index (κ3) is 1.22. The zero-order chi connectivity index (χ0) is 9.31. The van der Waals surface area contributed by atoms with Crippen LogP contribution in [-0.2, 0) is 5.41 Å². The second-order valence-corrected chi connectivity index (χ2v) is 3.63. The van der Waals surface area contributed by atoms with E-state index in [1.165, 1.54) is 5.56 Å².